The zero-order valence-corrected chi connectivity index (χ0v) is 12.2. The summed E-state index contributed by atoms with van der Waals surface area (Å²) in [5, 5.41) is 3.12. The molecule has 0 aromatic carbocycles. The summed E-state index contributed by atoms with van der Waals surface area (Å²) < 4.78 is 5.59. The molecule has 1 aromatic heterocycles. The number of amides is 1. The van der Waals surface area contributed by atoms with E-state index >= 15 is 0 Å². The summed E-state index contributed by atoms with van der Waals surface area (Å²) in [6.45, 7) is 5.00. The van der Waals surface area contributed by atoms with Crippen LogP contribution in [0, 0.1) is 11.8 Å². The van der Waals surface area contributed by atoms with Crippen molar-refractivity contribution in [2.45, 2.75) is 38.6 Å². The lowest BCUT2D eigenvalue weighted by Gasteiger charge is -2.33. The number of furan rings is 1. The van der Waals surface area contributed by atoms with Gasteiger partial charge in [0.25, 0.3) is 0 Å². The molecule has 2 aliphatic rings. The molecule has 3 atom stereocenters. The van der Waals surface area contributed by atoms with Crippen molar-refractivity contribution in [3.8, 4) is 0 Å². The lowest BCUT2D eigenvalue weighted by molar-refractivity contribution is -0.122. The van der Waals surface area contributed by atoms with Crippen LogP contribution in [0.4, 0.5) is 0 Å². The third-order valence-corrected chi connectivity index (χ3v) is 4.62. The topological polar surface area (TPSA) is 45.5 Å². The maximum atomic E-state index is 12.0. The minimum atomic E-state index is 0.184. The van der Waals surface area contributed by atoms with Crippen LogP contribution in [-0.2, 0) is 4.79 Å². The van der Waals surface area contributed by atoms with Crippen LogP contribution < -0.4 is 5.32 Å². The Hall–Kier alpha value is -1.29. The van der Waals surface area contributed by atoms with E-state index in [1.54, 1.807) is 6.26 Å². The van der Waals surface area contributed by atoms with E-state index in [-0.39, 0.29) is 17.9 Å². The predicted molar refractivity (Wildman–Crippen MR) is 77.2 cm³/mol. The Balaban J connectivity index is 1.61. The van der Waals surface area contributed by atoms with Gasteiger partial charge in [0.1, 0.15) is 5.76 Å². The summed E-state index contributed by atoms with van der Waals surface area (Å²) in [6, 6.07) is 4.13. The minimum Gasteiger partial charge on any atom is -0.468 e. The number of nitrogens with one attached hydrogen (secondary N) is 1. The molecule has 1 N–H and O–H groups in total. The maximum absolute atomic E-state index is 12.0. The summed E-state index contributed by atoms with van der Waals surface area (Å²) >= 11 is 0. The van der Waals surface area contributed by atoms with Gasteiger partial charge in [0.2, 0.25) is 5.91 Å². The molecule has 1 aliphatic heterocycles. The van der Waals surface area contributed by atoms with Crippen molar-refractivity contribution in [3.05, 3.63) is 24.2 Å². The van der Waals surface area contributed by atoms with E-state index in [1.165, 1.54) is 19.3 Å². The van der Waals surface area contributed by atoms with Crippen molar-refractivity contribution < 1.29 is 9.21 Å². The van der Waals surface area contributed by atoms with Crippen molar-refractivity contribution in [2.24, 2.45) is 11.8 Å². The van der Waals surface area contributed by atoms with Gasteiger partial charge >= 0.3 is 0 Å². The molecular formula is C16H24N2O2. The van der Waals surface area contributed by atoms with Crippen molar-refractivity contribution in [2.75, 3.05) is 19.6 Å². The van der Waals surface area contributed by atoms with Crippen molar-refractivity contribution in [1.29, 1.82) is 0 Å². The molecule has 0 spiro atoms. The first kappa shape index (κ1) is 13.7. The smallest absolute Gasteiger partial charge is 0.223 e. The molecule has 0 radical (unpaired) electrons. The third-order valence-electron chi connectivity index (χ3n) is 4.62. The first-order valence-electron chi connectivity index (χ1n) is 7.81. The van der Waals surface area contributed by atoms with Gasteiger partial charge in [-0.1, -0.05) is 13.3 Å². The molecule has 1 aromatic rings. The second-order valence-corrected chi connectivity index (χ2v) is 6.19. The highest BCUT2D eigenvalue weighted by atomic mass is 16.3. The highest BCUT2D eigenvalue weighted by Crippen LogP contribution is 2.37. The molecular weight excluding hydrogens is 252 g/mol. The van der Waals surface area contributed by atoms with Crippen LogP contribution >= 0.6 is 0 Å². The molecule has 2 fully saturated rings. The molecule has 1 saturated heterocycles. The van der Waals surface area contributed by atoms with Crippen LogP contribution in [0.3, 0.4) is 0 Å². The number of piperidine rings is 1. The zero-order valence-electron chi connectivity index (χ0n) is 12.2. The summed E-state index contributed by atoms with van der Waals surface area (Å²) in [7, 11) is 0. The average Bonchev–Trinajstić information content (AvgIpc) is 2.98. The van der Waals surface area contributed by atoms with Crippen LogP contribution in [0.2, 0.25) is 0 Å². The molecule has 110 valence electrons. The van der Waals surface area contributed by atoms with Gasteiger partial charge in [0, 0.05) is 12.5 Å². The predicted octanol–water partition coefficient (Wildman–Crippen LogP) is 2.58. The van der Waals surface area contributed by atoms with Gasteiger partial charge in [0.15, 0.2) is 0 Å². The van der Waals surface area contributed by atoms with Crippen molar-refractivity contribution >= 4 is 5.91 Å². The Bertz CT molecular complexity index is 437. The number of hydrogen-bond donors (Lipinski definition) is 1. The molecule has 2 heterocycles. The Morgan fingerprint density at radius 2 is 2.20 bits per heavy atom. The van der Waals surface area contributed by atoms with Gasteiger partial charge in [-0.3, -0.25) is 9.69 Å². The summed E-state index contributed by atoms with van der Waals surface area (Å²) in [4.78, 5) is 14.5. The number of carbonyl (C=O) groups is 1. The van der Waals surface area contributed by atoms with Gasteiger partial charge in [-0.25, -0.2) is 0 Å². The zero-order chi connectivity index (χ0) is 13.9. The van der Waals surface area contributed by atoms with E-state index in [9.17, 15) is 4.79 Å². The van der Waals surface area contributed by atoms with Crippen LogP contribution in [0.5, 0.6) is 0 Å². The second-order valence-electron chi connectivity index (χ2n) is 6.19. The van der Waals surface area contributed by atoms with Gasteiger partial charge in [-0.2, -0.15) is 0 Å². The van der Waals surface area contributed by atoms with E-state index in [0.717, 1.165) is 25.3 Å². The normalized spacial score (nSPS) is 28.1. The second kappa shape index (κ2) is 6.00. The lowest BCUT2D eigenvalue weighted by atomic mass is 10.1. The Labute approximate surface area is 120 Å². The fourth-order valence-electron chi connectivity index (χ4n) is 3.14. The number of likely N-dealkylation sites (tertiary alicyclic amines) is 1. The van der Waals surface area contributed by atoms with Gasteiger partial charge in [-0.05, 0) is 50.4 Å². The Morgan fingerprint density at radius 1 is 1.45 bits per heavy atom. The molecule has 1 saturated carbocycles. The number of nitrogens with zero attached hydrogens (tertiary/aromatic N) is 1. The molecule has 1 aliphatic carbocycles. The fourth-order valence-corrected chi connectivity index (χ4v) is 3.14. The van der Waals surface area contributed by atoms with E-state index < -0.39 is 0 Å². The lowest BCUT2D eigenvalue weighted by Crippen LogP contribution is -2.41. The molecule has 3 unspecified atom stereocenters. The van der Waals surface area contributed by atoms with Crippen molar-refractivity contribution in [3.63, 3.8) is 0 Å². The number of hydrogen-bond acceptors (Lipinski definition) is 3. The maximum Gasteiger partial charge on any atom is 0.223 e. The van der Waals surface area contributed by atoms with Crippen LogP contribution in [0.25, 0.3) is 0 Å². The summed E-state index contributed by atoms with van der Waals surface area (Å²) in [6.07, 6.45) is 6.56. The average molecular weight is 276 g/mol. The minimum absolute atomic E-state index is 0.184. The molecule has 4 nitrogen and oxygen atoms in total. The standard InChI is InChI=1S/C16H24N2O2/c1-12-10-13(12)16(19)17-11-14(15-6-5-9-20-15)18-7-3-2-4-8-18/h5-6,9,12-14H,2-4,7-8,10-11H2,1H3,(H,17,19). The third kappa shape index (κ3) is 3.06. The molecule has 4 heteroatoms. The molecule has 0 bridgehead atoms. The summed E-state index contributed by atoms with van der Waals surface area (Å²) in [5.41, 5.74) is 0. The SMILES string of the molecule is CC1CC1C(=O)NCC(c1ccco1)N1CCCCC1. The van der Waals surface area contributed by atoms with Crippen LogP contribution in [0.1, 0.15) is 44.4 Å². The highest BCUT2D eigenvalue weighted by Gasteiger charge is 2.39. The number of carbonyl (C=O) groups excluding carboxylic acids is 1. The fraction of sp³-hybridized carbons (Fsp3) is 0.688. The van der Waals surface area contributed by atoms with Crippen LogP contribution in [-0.4, -0.2) is 30.4 Å². The molecule has 20 heavy (non-hydrogen) atoms. The van der Waals surface area contributed by atoms with E-state index in [1.807, 2.05) is 12.1 Å². The Kier molecular flexibility index (Phi) is 4.10. The van der Waals surface area contributed by atoms with Gasteiger partial charge in [0.05, 0.1) is 12.3 Å². The highest BCUT2D eigenvalue weighted by molar-refractivity contribution is 5.81. The van der Waals surface area contributed by atoms with Gasteiger partial charge in [-0.15, -0.1) is 0 Å². The van der Waals surface area contributed by atoms with Crippen LogP contribution in [0.15, 0.2) is 22.8 Å². The quantitative estimate of drug-likeness (QED) is 0.899. The number of rotatable bonds is 5. The first-order chi connectivity index (χ1) is 9.75. The monoisotopic (exact) mass is 276 g/mol. The molecule has 3 rings (SSSR count). The molecule has 1 amide bonds. The van der Waals surface area contributed by atoms with E-state index in [0.29, 0.717) is 12.5 Å². The van der Waals surface area contributed by atoms with E-state index in [4.69, 9.17) is 4.42 Å². The largest absolute Gasteiger partial charge is 0.468 e. The summed E-state index contributed by atoms with van der Waals surface area (Å²) in [5.74, 6) is 1.99. The van der Waals surface area contributed by atoms with Crippen molar-refractivity contribution in [1.82, 2.24) is 10.2 Å². The van der Waals surface area contributed by atoms with E-state index in [2.05, 4.69) is 17.1 Å². The Morgan fingerprint density at radius 3 is 2.80 bits per heavy atom. The first-order valence-corrected chi connectivity index (χ1v) is 7.81. The van der Waals surface area contributed by atoms with Gasteiger partial charge < -0.3 is 9.73 Å².